The summed E-state index contributed by atoms with van der Waals surface area (Å²) in [5.41, 5.74) is 0.310. The van der Waals surface area contributed by atoms with Crippen LogP contribution in [0.5, 0.6) is 0 Å². The van der Waals surface area contributed by atoms with E-state index in [0.29, 0.717) is 5.60 Å². The normalized spacial score (nSPS) is 39.9. The van der Waals surface area contributed by atoms with Gasteiger partial charge < -0.3 is 10.1 Å². The Balaban J connectivity index is 1.44. The lowest BCUT2D eigenvalue weighted by molar-refractivity contribution is -0.0311. The van der Waals surface area contributed by atoms with E-state index in [1.807, 2.05) is 0 Å². The van der Waals surface area contributed by atoms with Gasteiger partial charge in [0.1, 0.15) is 0 Å². The molecule has 98 valence electrons. The summed E-state index contributed by atoms with van der Waals surface area (Å²) in [5, 5.41) is 3.91. The van der Waals surface area contributed by atoms with E-state index in [0.717, 1.165) is 18.7 Å². The third kappa shape index (κ3) is 2.85. The summed E-state index contributed by atoms with van der Waals surface area (Å²) >= 11 is 0. The number of ether oxygens (including phenoxy) is 1. The van der Waals surface area contributed by atoms with Crippen molar-refractivity contribution in [2.24, 2.45) is 0 Å². The fraction of sp³-hybridized carbons (Fsp3) is 1.00. The van der Waals surface area contributed by atoms with Gasteiger partial charge in [-0.1, -0.05) is 19.3 Å². The molecule has 0 aromatic rings. The summed E-state index contributed by atoms with van der Waals surface area (Å²) in [6.07, 6.45) is 15.1. The van der Waals surface area contributed by atoms with Gasteiger partial charge in [-0.05, 0) is 51.4 Å². The van der Waals surface area contributed by atoms with Gasteiger partial charge in [0.2, 0.25) is 0 Å². The molecule has 0 bridgehead atoms. The molecule has 2 heteroatoms. The molecule has 1 aliphatic heterocycles. The second-order valence-corrected chi connectivity index (χ2v) is 6.41. The molecule has 1 spiro atoms. The Morgan fingerprint density at radius 1 is 0.765 bits per heavy atom. The lowest BCUT2D eigenvalue weighted by Crippen LogP contribution is -2.45. The monoisotopic (exact) mass is 237 g/mol. The molecule has 2 saturated carbocycles. The highest BCUT2D eigenvalue weighted by Gasteiger charge is 2.39. The Kier molecular flexibility index (Phi) is 3.72. The number of rotatable bonds is 2. The molecule has 2 aliphatic carbocycles. The third-order valence-electron chi connectivity index (χ3n) is 5.16. The Morgan fingerprint density at radius 2 is 1.47 bits per heavy atom. The fourth-order valence-corrected chi connectivity index (χ4v) is 4.06. The van der Waals surface area contributed by atoms with Crippen molar-refractivity contribution in [1.29, 1.82) is 0 Å². The summed E-state index contributed by atoms with van der Waals surface area (Å²) < 4.78 is 5.99. The van der Waals surface area contributed by atoms with E-state index in [2.05, 4.69) is 5.32 Å². The second kappa shape index (κ2) is 5.27. The smallest absolute Gasteiger partial charge is 0.0684 e. The third-order valence-corrected chi connectivity index (χ3v) is 5.16. The standard InChI is InChI=1S/C15H27NO/c1-2-5-13(6-3-1)16-14-7-10-15(11-8-14)9-4-12-17-15/h13-14,16H,1-12H2. The van der Waals surface area contributed by atoms with Crippen molar-refractivity contribution < 1.29 is 4.74 Å². The van der Waals surface area contributed by atoms with Gasteiger partial charge in [-0.3, -0.25) is 0 Å². The highest BCUT2D eigenvalue weighted by atomic mass is 16.5. The quantitative estimate of drug-likeness (QED) is 0.795. The van der Waals surface area contributed by atoms with E-state index in [1.54, 1.807) is 0 Å². The van der Waals surface area contributed by atoms with E-state index in [4.69, 9.17) is 4.74 Å². The van der Waals surface area contributed by atoms with Crippen molar-refractivity contribution in [3.63, 3.8) is 0 Å². The maximum absolute atomic E-state index is 5.99. The predicted molar refractivity (Wildman–Crippen MR) is 70.2 cm³/mol. The average Bonchev–Trinajstić information content (AvgIpc) is 2.83. The van der Waals surface area contributed by atoms with E-state index >= 15 is 0 Å². The van der Waals surface area contributed by atoms with E-state index in [9.17, 15) is 0 Å². The van der Waals surface area contributed by atoms with Gasteiger partial charge in [0.25, 0.3) is 0 Å². The van der Waals surface area contributed by atoms with Crippen LogP contribution in [-0.2, 0) is 4.74 Å². The molecule has 3 fully saturated rings. The lowest BCUT2D eigenvalue weighted by Gasteiger charge is -2.38. The molecule has 1 heterocycles. The maximum Gasteiger partial charge on any atom is 0.0684 e. The molecule has 1 N–H and O–H groups in total. The van der Waals surface area contributed by atoms with Crippen LogP contribution in [0.15, 0.2) is 0 Å². The van der Waals surface area contributed by atoms with Crippen molar-refractivity contribution >= 4 is 0 Å². The van der Waals surface area contributed by atoms with Crippen LogP contribution >= 0.6 is 0 Å². The van der Waals surface area contributed by atoms with Crippen molar-refractivity contribution in [1.82, 2.24) is 5.32 Å². The van der Waals surface area contributed by atoms with Gasteiger partial charge in [0.05, 0.1) is 5.60 Å². The molecular weight excluding hydrogens is 210 g/mol. The van der Waals surface area contributed by atoms with Crippen LogP contribution in [0.2, 0.25) is 0 Å². The molecule has 0 radical (unpaired) electrons. The largest absolute Gasteiger partial charge is 0.375 e. The molecule has 0 atom stereocenters. The first-order chi connectivity index (χ1) is 8.36. The minimum absolute atomic E-state index is 0.310. The van der Waals surface area contributed by atoms with Crippen molar-refractivity contribution in [3.05, 3.63) is 0 Å². The van der Waals surface area contributed by atoms with Crippen LogP contribution < -0.4 is 5.32 Å². The Bertz CT molecular complexity index is 231. The molecule has 0 unspecified atom stereocenters. The summed E-state index contributed by atoms with van der Waals surface area (Å²) in [6.45, 7) is 1.01. The second-order valence-electron chi connectivity index (χ2n) is 6.41. The van der Waals surface area contributed by atoms with Gasteiger partial charge in [-0.25, -0.2) is 0 Å². The first-order valence-corrected chi connectivity index (χ1v) is 7.76. The lowest BCUT2D eigenvalue weighted by atomic mass is 9.80. The molecule has 1 saturated heterocycles. The molecule has 0 amide bonds. The molecule has 3 rings (SSSR count). The van der Waals surface area contributed by atoms with E-state index < -0.39 is 0 Å². The number of hydrogen-bond donors (Lipinski definition) is 1. The first-order valence-electron chi connectivity index (χ1n) is 7.76. The van der Waals surface area contributed by atoms with Crippen LogP contribution in [0.3, 0.4) is 0 Å². The summed E-state index contributed by atoms with van der Waals surface area (Å²) in [6, 6.07) is 1.61. The van der Waals surface area contributed by atoms with Crippen LogP contribution in [0.25, 0.3) is 0 Å². The van der Waals surface area contributed by atoms with Gasteiger partial charge in [-0.2, -0.15) is 0 Å². The summed E-state index contributed by atoms with van der Waals surface area (Å²) in [4.78, 5) is 0. The highest BCUT2D eigenvalue weighted by Crippen LogP contribution is 2.39. The number of hydrogen-bond acceptors (Lipinski definition) is 2. The highest BCUT2D eigenvalue weighted by molar-refractivity contribution is 4.93. The SMILES string of the molecule is C1CCC(NC2CCC3(CCCO3)CC2)CC1. The zero-order chi connectivity index (χ0) is 11.6. The van der Waals surface area contributed by atoms with E-state index in [1.165, 1.54) is 70.6 Å². The molecule has 0 aromatic carbocycles. The zero-order valence-corrected chi connectivity index (χ0v) is 11.0. The first kappa shape index (κ1) is 12.0. The van der Waals surface area contributed by atoms with Crippen molar-refractivity contribution in [3.8, 4) is 0 Å². The minimum atomic E-state index is 0.310. The van der Waals surface area contributed by atoms with Gasteiger partial charge in [0.15, 0.2) is 0 Å². The van der Waals surface area contributed by atoms with Gasteiger partial charge >= 0.3 is 0 Å². The molecule has 0 aromatic heterocycles. The molecular formula is C15H27NO. The average molecular weight is 237 g/mol. The van der Waals surface area contributed by atoms with Crippen molar-refractivity contribution in [2.45, 2.75) is 88.3 Å². The maximum atomic E-state index is 5.99. The Labute approximate surface area is 105 Å². The number of nitrogens with one attached hydrogen (secondary N) is 1. The van der Waals surface area contributed by atoms with E-state index in [-0.39, 0.29) is 0 Å². The minimum Gasteiger partial charge on any atom is -0.375 e. The molecule has 17 heavy (non-hydrogen) atoms. The van der Waals surface area contributed by atoms with Crippen LogP contribution in [0, 0.1) is 0 Å². The molecule has 2 nitrogen and oxygen atoms in total. The van der Waals surface area contributed by atoms with Crippen LogP contribution in [0.1, 0.15) is 70.6 Å². The fourth-order valence-electron chi connectivity index (χ4n) is 4.06. The predicted octanol–water partition coefficient (Wildman–Crippen LogP) is 3.40. The summed E-state index contributed by atoms with van der Waals surface area (Å²) in [7, 11) is 0. The zero-order valence-electron chi connectivity index (χ0n) is 11.0. The Hall–Kier alpha value is -0.0800. The summed E-state index contributed by atoms with van der Waals surface area (Å²) in [5.74, 6) is 0. The Morgan fingerprint density at radius 3 is 2.12 bits per heavy atom. The van der Waals surface area contributed by atoms with Crippen molar-refractivity contribution in [2.75, 3.05) is 6.61 Å². The van der Waals surface area contributed by atoms with Crippen LogP contribution in [-0.4, -0.2) is 24.3 Å². The van der Waals surface area contributed by atoms with Gasteiger partial charge in [0, 0.05) is 18.7 Å². The van der Waals surface area contributed by atoms with Crippen LogP contribution in [0.4, 0.5) is 0 Å². The topological polar surface area (TPSA) is 21.3 Å². The molecule has 3 aliphatic rings. The van der Waals surface area contributed by atoms with Gasteiger partial charge in [-0.15, -0.1) is 0 Å².